The van der Waals surface area contributed by atoms with Crippen molar-refractivity contribution >= 4 is 17.9 Å². The van der Waals surface area contributed by atoms with Crippen molar-refractivity contribution in [2.24, 2.45) is 0 Å². The number of carboxylic acid groups (broad SMARTS) is 1. The molecule has 0 saturated carbocycles. The minimum absolute atomic E-state index is 0.181. The molecular weight excluding hydrogens is 1220 g/mol. The number of aliphatic carboxylic acids is 1. The Hall–Kier alpha value is -5.61. The first-order valence-corrected chi connectivity index (χ1v) is 39.9. The largest absolute Gasteiger partial charge is 0.477 e. The second kappa shape index (κ2) is 78.1. The number of hydrogen-bond acceptors (Lipinski definition) is 7. The van der Waals surface area contributed by atoms with Gasteiger partial charge >= 0.3 is 17.9 Å². The average Bonchev–Trinajstić information content (AvgIpc) is 1.14. The Morgan fingerprint density at radius 3 is 0.808 bits per heavy atom. The van der Waals surface area contributed by atoms with Gasteiger partial charge in [-0.15, -0.1) is 0 Å². The van der Waals surface area contributed by atoms with E-state index in [1.54, 1.807) is 0 Å². The first-order chi connectivity index (χ1) is 48.6. The third-order valence-electron chi connectivity index (χ3n) is 16.7. The molecule has 0 rings (SSSR count). The van der Waals surface area contributed by atoms with E-state index in [0.29, 0.717) is 23.9 Å². The predicted octanol–water partition coefficient (Wildman–Crippen LogP) is 25.9. The van der Waals surface area contributed by atoms with Gasteiger partial charge in [-0.25, -0.2) is 4.79 Å². The van der Waals surface area contributed by atoms with Crippen LogP contribution in [0.25, 0.3) is 0 Å². The molecule has 9 heteroatoms. The van der Waals surface area contributed by atoms with Crippen molar-refractivity contribution in [2.75, 3.05) is 47.5 Å². The maximum Gasteiger partial charge on any atom is 0.361 e. The molecule has 1 N–H and O–H groups in total. The molecule has 2 atom stereocenters. The Kier molecular flexibility index (Phi) is 73.7. The molecule has 2 unspecified atom stereocenters. The van der Waals surface area contributed by atoms with E-state index in [-0.39, 0.29) is 32.2 Å². The molecule has 0 aliphatic rings. The summed E-state index contributed by atoms with van der Waals surface area (Å²) in [6.07, 6.45) is 116. The van der Waals surface area contributed by atoms with Crippen LogP contribution in [-0.2, 0) is 33.3 Å². The van der Waals surface area contributed by atoms with Gasteiger partial charge in [-0.05, 0) is 135 Å². The number of allylic oxidation sites excluding steroid dienone is 30. The molecule has 0 heterocycles. The van der Waals surface area contributed by atoms with Crippen LogP contribution >= 0.6 is 0 Å². The highest BCUT2D eigenvalue weighted by atomic mass is 16.7. The predicted molar refractivity (Wildman–Crippen MR) is 428 cm³/mol. The number of ether oxygens (including phenoxy) is 4. The molecule has 0 aliphatic carbocycles. The summed E-state index contributed by atoms with van der Waals surface area (Å²) in [6.45, 7) is 4.65. The fraction of sp³-hybridized carbons (Fsp3) is 0.633. The van der Waals surface area contributed by atoms with Crippen LogP contribution in [0.2, 0.25) is 0 Å². The van der Waals surface area contributed by atoms with Crippen molar-refractivity contribution in [1.29, 1.82) is 0 Å². The quantitative estimate of drug-likeness (QED) is 0.0211. The summed E-state index contributed by atoms with van der Waals surface area (Å²) in [5.41, 5.74) is 0. The van der Waals surface area contributed by atoms with Crippen molar-refractivity contribution < 1.29 is 42.9 Å². The number of esters is 2. The molecule has 0 bridgehead atoms. The maximum atomic E-state index is 13.0. The van der Waals surface area contributed by atoms with Crippen molar-refractivity contribution in [1.82, 2.24) is 0 Å². The number of nitrogens with zero attached hydrogens (tertiary/aromatic N) is 1. The zero-order chi connectivity index (χ0) is 71.8. The Labute approximate surface area is 609 Å². The Morgan fingerprint density at radius 1 is 0.303 bits per heavy atom. The lowest BCUT2D eigenvalue weighted by atomic mass is 10.0. The lowest BCUT2D eigenvalue weighted by Gasteiger charge is -2.25. The highest BCUT2D eigenvalue weighted by Crippen LogP contribution is 2.17. The van der Waals surface area contributed by atoms with E-state index < -0.39 is 24.3 Å². The third-order valence-corrected chi connectivity index (χ3v) is 16.7. The molecule has 0 fully saturated rings. The van der Waals surface area contributed by atoms with Crippen LogP contribution in [0.15, 0.2) is 182 Å². The molecule has 0 radical (unpaired) electrons. The Morgan fingerprint density at radius 2 is 0.545 bits per heavy atom. The Balaban J connectivity index is 4.09. The molecule has 0 aliphatic heterocycles. The summed E-state index contributed by atoms with van der Waals surface area (Å²) in [5.74, 6) is -2.01. The van der Waals surface area contributed by atoms with Gasteiger partial charge in [0.05, 0.1) is 34.4 Å². The standard InChI is InChI=1S/C90H147NO8/c1-6-8-10-12-14-16-18-20-22-24-26-28-30-32-34-36-38-40-42-43-44-45-47-49-51-53-55-57-59-61-63-65-67-69-71-73-75-77-79-81-88(93)99-86(85-98-90(89(94)95)96-83-82-91(3,4)5)84-97-87(92)80-78-76-74-72-70-68-66-64-62-60-58-56-54-52-50-48-46-41-39-37-35-33-31-29-27-25-23-21-19-17-15-13-11-9-7-2/h8-11,14-17,20-23,26-29,32-35,38-41,43-44,47-50,86,90H,6-7,12-13,18-19,24-25,30-31,36-37,42,45-46,51-85H2,1-5H3/p+1/b10-8-,11-9-,16-14-,17-15-,22-20-,23-21-,28-26-,29-27-,34-32-,35-33-,40-38-,41-39-,44-43-,49-47-,50-48-. The van der Waals surface area contributed by atoms with Crippen LogP contribution in [0, 0.1) is 0 Å². The first kappa shape index (κ1) is 93.4. The van der Waals surface area contributed by atoms with Gasteiger partial charge in [0, 0.05) is 12.8 Å². The summed E-state index contributed by atoms with van der Waals surface area (Å²) >= 11 is 0. The molecule has 0 aromatic heterocycles. The molecule has 0 saturated heterocycles. The van der Waals surface area contributed by atoms with Crippen molar-refractivity contribution in [3.8, 4) is 0 Å². The molecule has 9 nitrogen and oxygen atoms in total. The molecular formula is C90H148NO8+. The van der Waals surface area contributed by atoms with Crippen molar-refractivity contribution in [3.63, 3.8) is 0 Å². The highest BCUT2D eigenvalue weighted by Gasteiger charge is 2.25. The van der Waals surface area contributed by atoms with E-state index in [4.69, 9.17) is 18.9 Å². The zero-order valence-corrected chi connectivity index (χ0v) is 64.1. The van der Waals surface area contributed by atoms with Gasteiger partial charge in [0.1, 0.15) is 13.2 Å². The monoisotopic (exact) mass is 1370 g/mol. The Bertz CT molecular complexity index is 2290. The minimum atomic E-state index is -1.52. The topological polar surface area (TPSA) is 108 Å². The number of carboxylic acids is 1. The van der Waals surface area contributed by atoms with Crippen LogP contribution in [0.1, 0.15) is 309 Å². The van der Waals surface area contributed by atoms with Gasteiger partial charge in [0.15, 0.2) is 6.10 Å². The van der Waals surface area contributed by atoms with Gasteiger partial charge in [0.2, 0.25) is 0 Å². The van der Waals surface area contributed by atoms with E-state index in [9.17, 15) is 19.5 Å². The maximum absolute atomic E-state index is 13.0. The fourth-order valence-electron chi connectivity index (χ4n) is 10.7. The van der Waals surface area contributed by atoms with E-state index in [2.05, 4.69) is 196 Å². The highest BCUT2D eigenvalue weighted by molar-refractivity contribution is 5.71. The summed E-state index contributed by atoms with van der Waals surface area (Å²) in [6, 6.07) is 0. The molecule has 560 valence electrons. The zero-order valence-electron chi connectivity index (χ0n) is 64.1. The van der Waals surface area contributed by atoms with E-state index >= 15 is 0 Å². The van der Waals surface area contributed by atoms with Crippen LogP contribution in [-0.4, -0.2) is 87.4 Å². The van der Waals surface area contributed by atoms with Gasteiger partial charge in [0.25, 0.3) is 6.29 Å². The number of carbonyl (C=O) groups is 3. The van der Waals surface area contributed by atoms with E-state index in [1.165, 1.54) is 141 Å². The SMILES string of the molecule is CC/C=C\C/C=C\C/C=C\C/C=C\C/C=C\C/C=C\C/C=C\C/C=C\CCCCCCCCCCCCCCCCC(=O)OC(COC(=O)CCCCCCCCCCCCCCC/C=C\C/C=C\C/C=C\C/C=C\C/C=C\C/C=C\C/C=C\CC)COC(OCC[N+](C)(C)C)C(=O)O. The van der Waals surface area contributed by atoms with Crippen molar-refractivity contribution in [2.45, 2.75) is 322 Å². The van der Waals surface area contributed by atoms with Crippen LogP contribution < -0.4 is 0 Å². The minimum Gasteiger partial charge on any atom is -0.477 e. The summed E-state index contributed by atoms with van der Waals surface area (Å²) < 4.78 is 23.0. The molecule has 99 heavy (non-hydrogen) atoms. The van der Waals surface area contributed by atoms with E-state index in [1.807, 2.05) is 21.1 Å². The van der Waals surface area contributed by atoms with Gasteiger partial charge in [-0.1, -0.05) is 344 Å². The summed E-state index contributed by atoms with van der Waals surface area (Å²) in [4.78, 5) is 37.8. The van der Waals surface area contributed by atoms with Crippen LogP contribution in [0.5, 0.6) is 0 Å². The molecule has 0 amide bonds. The molecule has 0 aromatic rings. The first-order valence-electron chi connectivity index (χ1n) is 39.9. The number of carbonyl (C=O) groups excluding carboxylic acids is 2. The number of quaternary nitrogens is 1. The molecule has 0 spiro atoms. The van der Waals surface area contributed by atoms with E-state index in [0.717, 1.165) is 135 Å². The van der Waals surface area contributed by atoms with Gasteiger partial charge in [-0.3, -0.25) is 9.59 Å². The van der Waals surface area contributed by atoms with Gasteiger partial charge in [-0.2, -0.15) is 0 Å². The lowest BCUT2D eigenvalue weighted by Crippen LogP contribution is -2.40. The second-order valence-corrected chi connectivity index (χ2v) is 27.3. The molecule has 0 aromatic carbocycles. The van der Waals surface area contributed by atoms with Crippen LogP contribution in [0.3, 0.4) is 0 Å². The summed E-state index contributed by atoms with van der Waals surface area (Å²) in [5, 5.41) is 9.78. The smallest absolute Gasteiger partial charge is 0.361 e. The van der Waals surface area contributed by atoms with Crippen molar-refractivity contribution in [3.05, 3.63) is 182 Å². The third kappa shape index (κ3) is 79.6. The normalized spacial score (nSPS) is 13.7. The van der Waals surface area contributed by atoms with Crippen LogP contribution in [0.4, 0.5) is 0 Å². The lowest BCUT2D eigenvalue weighted by molar-refractivity contribution is -0.870. The number of likely N-dealkylation sites (N-methyl/N-ethyl adjacent to an activating group) is 1. The van der Waals surface area contributed by atoms with Gasteiger partial charge < -0.3 is 28.5 Å². The number of unbranched alkanes of at least 4 members (excludes halogenated alkanes) is 27. The summed E-state index contributed by atoms with van der Waals surface area (Å²) in [7, 11) is 5.98. The average molecular weight is 1370 g/mol. The second-order valence-electron chi connectivity index (χ2n) is 27.3. The number of rotatable bonds is 72. The number of hydrogen-bond donors (Lipinski definition) is 1. The fourth-order valence-corrected chi connectivity index (χ4v) is 10.7.